The van der Waals surface area contributed by atoms with Gasteiger partial charge in [0.05, 0.1) is 0 Å². The summed E-state index contributed by atoms with van der Waals surface area (Å²) in [4.78, 5) is 23.8. The Morgan fingerprint density at radius 3 is 2.60 bits per heavy atom. The maximum Gasteiger partial charge on any atom is 0.351 e. The van der Waals surface area contributed by atoms with Crippen molar-refractivity contribution in [2.45, 2.75) is 19.6 Å². The van der Waals surface area contributed by atoms with E-state index in [1.165, 1.54) is 0 Å². The number of aryl methyl sites for hydroxylation is 1. The van der Waals surface area contributed by atoms with Crippen molar-refractivity contribution in [2.75, 3.05) is 13.2 Å². The summed E-state index contributed by atoms with van der Waals surface area (Å²) in [6.45, 7) is 2.08. The maximum atomic E-state index is 12.0. The van der Waals surface area contributed by atoms with E-state index in [-0.39, 0.29) is 19.1 Å². The molecule has 0 saturated heterocycles. The van der Waals surface area contributed by atoms with Gasteiger partial charge in [0, 0.05) is 6.54 Å². The Hall–Kier alpha value is -3.02. The smallest absolute Gasteiger partial charge is 0.351 e. The molecule has 130 valence electrons. The van der Waals surface area contributed by atoms with Gasteiger partial charge in [-0.3, -0.25) is 4.79 Å². The first-order valence-electron chi connectivity index (χ1n) is 7.99. The van der Waals surface area contributed by atoms with E-state index in [1.807, 2.05) is 37.3 Å². The topological polar surface area (TPSA) is 73.9 Å². The fraction of sp³-hybridized carbons (Fsp3) is 0.263. The van der Waals surface area contributed by atoms with Crippen molar-refractivity contribution in [1.29, 1.82) is 0 Å². The first-order chi connectivity index (χ1) is 12.1. The third-order valence-corrected chi connectivity index (χ3v) is 3.73. The first-order valence-corrected chi connectivity index (χ1v) is 7.99. The van der Waals surface area contributed by atoms with Crippen LogP contribution >= 0.6 is 0 Å². The monoisotopic (exact) mass is 341 g/mol. The number of rotatable bonds is 5. The molecule has 1 unspecified atom stereocenters. The number of fused-ring (bicyclic) bond motifs is 1. The molecular formula is C19H19NO5. The van der Waals surface area contributed by atoms with Crippen LogP contribution in [0.15, 0.2) is 48.5 Å². The second kappa shape index (κ2) is 7.70. The molecule has 1 atom stereocenters. The number of para-hydroxylation sites is 2. The van der Waals surface area contributed by atoms with E-state index >= 15 is 0 Å². The number of carbonyl (C=O) groups is 2. The van der Waals surface area contributed by atoms with Crippen molar-refractivity contribution in [2.24, 2.45) is 0 Å². The van der Waals surface area contributed by atoms with Gasteiger partial charge in [0.1, 0.15) is 6.61 Å². The summed E-state index contributed by atoms with van der Waals surface area (Å²) in [7, 11) is 0. The van der Waals surface area contributed by atoms with Crippen LogP contribution in [0.25, 0.3) is 0 Å². The van der Waals surface area contributed by atoms with Gasteiger partial charge in [-0.1, -0.05) is 42.0 Å². The highest BCUT2D eigenvalue weighted by atomic mass is 16.6. The average molecular weight is 341 g/mol. The number of esters is 1. The average Bonchev–Trinajstić information content (AvgIpc) is 2.65. The molecule has 1 aliphatic heterocycles. The molecule has 0 aromatic heterocycles. The van der Waals surface area contributed by atoms with Crippen LogP contribution < -0.4 is 14.8 Å². The van der Waals surface area contributed by atoms with Gasteiger partial charge >= 0.3 is 5.97 Å². The van der Waals surface area contributed by atoms with Gasteiger partial charge in [-0.15, -0.1) is 0 Å². The van der Waals surface area contributed by atoms with Crippen molar-refractivity contribution >= 4 is 11.9 Å². The molecule has 0 fully saturated rings. The van der Waals surface area contributed by atoms with Gasteiger partial charge in [-0.05, 0) is 24.6 Å². The van der Waals surface area contributed by atoms with Crippen LogP contribution in [0.5, 0.6) is 11.5 Å². The highest BCUT2D eigenvalue weighted by Crippen LogP contribution is 2.31. The summed E-state index contributed by atoms with van der Waals surface area (Å²) in [5.74, 6) is 0.0768. The Morgan fingerprint density at radius 2 is 1.84 bits per heavy atom. The van der Waals surface area contributed by atoms with E-state index in [0.717, 1.165) is 11.1 Å². The van der Waals surface area contributed by atoms with E-state index in [9.17, 15) is 9.59 Å². The van der Waals surface area contributed by atoms with E-state index in [2.05, 4.69) is 5.32 Å². The minimum atomic E-state index is -0.875. The molecule has 1 heterocycles. The Bertz CT molecular complexity index is 757. The summed E-state index contributed by atoms with van der Waals surface area (Å²) in [5, 5.41) is 2.70. The van der Waals surface area contributed by atoms with Crippen LogP contribution in [0.1, 0.15) is 11.1 Å². The number of amides is 1. The molecule has 25 heavy (non-hydrogen) atoms. The molecule has 1 N–H and O–H groups in total. The predicted octanol–water partition coefficient (Wildman–Crippen LogP) is 1.99. The van der Waals surface area contributed by atoms with E-state index in [4.69, 9.17) is 14.2 Å². The van der Waals surface area contributed by atoms with Crippen molar-refractivity contribution in [3.63, 3.8) is 0 Å². The summed E-state index contributed by atoms with van der Waals surface area (Å²) >= 11 is 0. The predicted molar refractivity (Wildman–Crippen MR) is 90.3 cm³/mol. The Balaban J connectivity index is 1.43. The van der Waals surface area contributed by atoms with Crippen LogP contribution in [0.3, 0.4) is 0 Å². The molecule has 3 rings (SSSR count). The van der Waals surface area contributed by atoms with Gasteiger partial charge in [0.15, 0.2) is 18.1 Å². The zero-order valence-corrected chi connectivity index (χ0v) is 13.9. The van der Waals surface area contributed by atoms with Crippen molar-refractivity contribution in [1.82, 2.24) is 5.32 Å². The van der Waals surface area contributed by atoms with Crippen LogP contribution in [0.4, 0.5) is 0 Å². The number of hydrogen-bond donors (Lipinski definition) is 1. The van der Waals surface area contributed by atoms with E-state index < -0.39 is 12.1 Å². The first kappa shape index (κ1) is 16.8. The van der Waals surface area contributed by atoms with E-state index in [1.54, 1.807) is 18.2 Å². The lowest BCUT2D eigenvalue weighted by molar-refractivity contribution is -0.157. The van der Waals surface area contributed by atoms with Gasteiger partial charge in [-0.2, -0.15) is 0 Å². The molecule has 6 nitrogen and oxygen atoms in total. The van der Waals surface area contributed by atoms with E-state index in [0.29, 0.717) is 18.0 Å². The van der Waals surface area contributed by atoms with Crippen LogP contribution in [-0.2, 0) is 20.9 Å². The van der Waals surface area contributed by atoms with Crippen LogP contribution in [0.2, 0.25) is 0 Å². The number of carbonyl (C=O) groups excluding carboxylic acids is 2. The zero-order chi connectivity index (χ0) is 17.6. The molecule has 6 heteroatoms. The Kier molecular flexibility index (Phi) is 5.18. The molecule has 0 bridgehead atoms. The molecule has 0 radical (unpaired) electrons. The number of nitrogens with one attached hydrogen (secondary N) is 1. The highest BCUT2D eigenvalue weighted by molar-refractivity contribution is 5.82. The fourth-order valence-corrected chi connectivity index (χ4v) is 2.32. The highest BCUT2D eigenvalue weighted by Gasteiger charge is 2.29. The molecule has 0 saturated carbocycles. The summed E-state index contributed by atoms with van der Waals surface area (Å²) in [6.07, 6.45) is -0.875. The molecule has 1 aliphatic rings. The molecule has 0 aliphatic carbocycles. The zero-order valence-electron chi connectivity index (χ0n) is 13.9. The third-order valence-electron chi connectivity index (χ3n) is 3.73. The Labute approximate surface area is 145 Å². The second-order valence-corrected chi connectivity index (χ2v) is 5.73. The van der Waals surface area contributed by atoms with Gasteiger partial charge in [0.25, 0.3) is 5.91 Å². The minimum absolute atomic E-state index is 0.0564. The van der Waals surface area contributed by atoms with Gasteiger partial charge in [0.2, 0.25) is 6.10 Å². The minimum Gasteiger partial charge on any atom is -0.485 e. The largest absolute Gasteiger partial charge is 0.485 e. The molecule has 2 aromatic carbocycles. The summed E-state index contributed by atoms with van der Waals surface area (Å²) in [5.41, 5.74) is 2.13. The summed E-state index contributed by atoms with van der Waals surface area (Å²) < 4.78 is 16.0. The SMILES string of the molecule is Cc1ccc(CNC(=O)COC(=O)C2COc3ccccc3O2)cc1. The third kappa shape index (κ3) is 4.50. The van der Waals surface area contributed by atoms with Crippen LogP contribution in [0, 0.1) is 6.92 Å². The number of ether oxygens (including phenoxy) is 3. The standard InChI is InChI=1S/C19H19NO5/c1-13-6-8-14(9-7-13)10-20-18(21)12-24-19(22)17-11-23-15-4-2-3-5-16(15)25-17/h2-9,17H,10-12H2,1H3,(H,20,21). The molecular weight excluding hydrogens is 322 g/mol. The normalized spacial score (nSPS) is 15.3. The quantitative estimate of drug-likeness (QED) is 0.842. The van der Waals surface area contributed by atoms with Crippen LogP contribution in [-0.4, -0.2) is 31.2 Å². The number of hydrogen-bond acceptors (Lipinski definition) is 5. The van der Waals surface area contributed by atoms with Gasteiger partial charge in [-0.25, -0.2) is 4.79 Å². The van der Waals surface area contributed by atoms with Crippen molar-refractivity contribution in [3.05, 3.63) is 59.7 Å². The molecule has 2 aromatic rings. The second-order valence-electron chi connectivity index (χ2n) is 5.73. The lowest BCUT2D eigenvalue weighted by Gasteiger charge is -2.24. The van der Waals surface area contributed by atoms with Crippen molar-refractivity contribution in [3.8, 4) is 11.5 Å². The lowest BCUT2D eigenvalue weighted by atomic mass is 10.1. The maximum absolute atomic E-state index is 12.0. The fourth-order valence-electron chi connectivity index (χ4n) is 2.32. The Morgan fingerprint density at radius 1 is 1.12 bits per heavy atom. The molecule has 0 spiro atoms. The van der Waals surface area contributed by atoms with Gasteiger partial charge < -0.3 is 19.5 Å². The molecule has 1 amide bonds. The number of benzene rings is 2. The lowest BCUT2D eigenvalue weighted by Crippen LogP contribution is -2.39. The van der Waals surface area contributed by atoms with Crippen molar-refractivity contribution < 1.29 is 23.8 Å². The summed E-state index contributed by atoms with van der Waals surface area (Å²) in [6, 6.07) is 14.9.